The van der Waals surface area contributed by atoms with Crippen molar-refractivity contribution in [3.8, 4) is 0 Å². The van der Waals surface area contributed by atoms with E-state index < -0.39 is 6.10 Å². The van der Waals surface area contributed by atoms with Crippen LogP contribution in [0.3, 0.4) is 0 Å². The molecule has 4 heteroatoms. The Bertz CT molecular complexity index is 399. The lowest BCUT2D eigenvalue weighted by molar-refractivity contribution is -0.0148. The van der Waals surface area contributed by atoms with Crippen molar-refractivity contribution in [3.05, 3.63) is 35.9 Å². The van der Waals surface area contributed by atoms with Crippen molar-refractivity contribution in [2.75, 3.05) is 19.7 Å². The number of piperidine rings is 1. The highest BCUT2D eigenvalue weighted by Crippen LogP contribution is 2.22. The minimum atomic E-state index is -0.455. The molecule has 0 radical (unpaired) electrons. The van der Waals surface area contributed by atoms with Crippen molar-refractivity contribution in [1.82, 2.24) is 4.90 Å². The van der Waals surface area contributed by atoms with Gasteiger partial charge in [-0.3, -0.25) is 4.90 Å². The number of likely N-dealkylation sites (tertiary alicyclic amines) is 1. The van der Waals surface area contributed by atoms with Gasteiger partial charge >= 0.3 is 0 Å². The molecule has 21 heavy (non-hydrogen) atoms. The number of nitrogens with zero attached hydrogens (tertiary/aromatic N) is 1. The first-order chi connectivity index (χ1) is 10.2. The van der Waals surface area contributed by atoms with Crippen LogP contribution in [-0.4, -0.2) is 47.9 Å². The smallest absolute Gasteiger partial charge is 0.0900 e. The maximum Gasteiger partial charge on any atom is 0.0900 e. The number of hydrogen-bond acceptors (Lipinski definition) is 4. The summed E-state index contributed by atoms with van der Waals surface area (Å²) in [6.45, 7) is 4.46. The fourth-order valence-corrected chi connectivity index (χ4v) is 3.11. The molecule has 3 N–H and O–H groups in total. The third-order valence-electron chi connectivity index (χ3n) is 4.31. The summed E-state index contributed by atoms with van der Waals surface area (Å²) in [7, 11) is 0. The molecule has 1 aliphatic heterocycles. The number of β-amino-alcohol motifs (C(OH)–C–C–N with tert-alkyl or cyclic N) is 1. The fraction of sp³-hybridized carbons (Fsp3) is 0.647. The van der Waals surface area contributed by atoms with Crippen molar-refractivity contribution in [1.29, 1.82) is 0 Å². The predicted octanol–water partition coefficient (Wildman–Crippen LogP) is 1.77. The van der Waals surface area contributed by atoms with Crippen LogP contribution in [0.25, 0.3) is 0 Å². The van der Waals surface area contributed by atoms with Crippen LogP contribution < -0.4 is 5.73 Å². The van der Waals surface area contributed by atoms with Gasteiger partial charge < -0.3 is 15.6 Å². The molecule has 0 spiro atoms. The monoisotopic (exact) mass is 292 g/mol. The maximum absolute atomic E-state index is 10.2. The SMILES string of the molecule is CC1CCCC(CN)N1CC(O)COCc1ccccc1. The van der Waals surface area contributed by atoms with Crippen molar-refractivity contribution in [3.63, 3.8) is 0 Å². The Hall–Kier alpha value is -0.940. The molecule has 1 heterocycles. The first-order valence-corrected chi connectivity index (χ1v) is 7.96. The van der Waals surface area contributed by atoms with Gasteiger partial charge in [-0.05, 0) is 25.3 Å². The van der Waals surface area contributed by atoms with Crippen LogP contribution in [-0.2, 0) is 11.3 Å². The van der Waals surface area contributed by atoms with Gasteiger partial charge in [0.1, 0.15) is 0 Å². The Balaban J connectivity index is 1.74. The molecule has 1 aromatic rings. The van der Waals surface area contributed by atoms with Crippen molar-refractivity contribution < 1.29 is 9.84 Å². The zero-order valence-corrected chi connectivity index (χ0v) is 12.9. The van der Waals surface area contributed by atoms with Crippen LogP contribution in [0.1, 0.15) is 31.7 Å². The van der Waals surface area contributed by atoms with Gasteiger partial charge in [0.2, 0.25) is 0 Å². The molecule has 1 saturated heterocycles. The van der Waals surface area contributed by atoms with Crippen LogP contribution >= 0.6 is 0 Å². The lowest BCUT2D eigenvalue weighted by Crippen LogP contribution is -2.52. The quantitative estimate of drug-likeness (QED) is 0.804. The van der Waals surface area contributed by atoms with E-state index in [1.165, 1.54) is 12.8 Å². The van der Waals surface area contributed by atoms with E-state index in [4.69, 9.17) is 10.5 Å². The second-order valence-corrected chi connectivity index (χ2v) is 6.02. The fourth-order valence-electron chi connectivity index (χ4n) is 3.11. The molecular weight excluding hydrogens is 264 g/mol. The summed E-state index contributed by atoms with van der Waals surface area (Å²) in [6.07, 6.45) is 3.11. The minimum absolute atomic E-state index is 0.370. The van der Waals surface area contributed by atoms with Crippen LogP contribution in [0, 0.1) is 0 Å². The molecule has 118 valence electrons. The van der Waals surface area contributed by atoms with Gasteiger partial charge in [0, 0.05) is 25.2 Å². The van der Waals surface area contributed by atoms with Gasteiger partial charge in [-0.25, -0.2) is 0 Å². The molecule has 1 aliphatic rings. The lowest BCUT2D eigenvalue weighted by Gasteiger charge is -2.41. The highest BCUT2D eigenvalue weighted by atomic mass is 16.5. The molecule has 0 bridgehead atoms. The van der Waals surface area contributed by atoms with Crippen molar-refractivity contribution in [2.45, 2.75) is 51.0 Å². The molecule has 2 rings (SSSR count). The Labute approximate surface area is 127 Å². The summed E-state index contributed by atoms with van der Waals surface area (Å²) in [5, 5.41) is 10.2. The topological polar surface area (TPSA) is 58.7 Å². The molecule has 0 aliphatic carbocycles. The Morgan fingerprint density at radius 3 is 2.81 bits per heavy atom. The molecule has 0 saturated carbocycles. The number of benzene rings is 1. The number of aliphatic hydroxyl groups is 1. The normalized spacial score (nSPS) is 24.9. The van der Waals surface area contributed by atoms with Gasteiger partial charge in [-0.2, -0.15) is 0 Å². The molecule has 3 unspecified atom stereocenters. The van der Waals surface area contributed by atoms with E-state index >= 15 is 0 Å². The van der Waals surface area contributed by atoms with Gasteiger partial charge in [0.25, 0.3) is 0 Å². The third-order valence-corrected chi connectivity index (χ3v) is 4.31. The molecule has 0 aromatic heterocycles. The van der Waals surface area contributed by atoms with E-state index in [1.807, 2.05) is 30.3 Å². The number of ether oxygens (including phenoxy) is 1. The standard InChI is InChI=1S/C17H28N2O2/c1-14-6-5-9-16(10-18)19(14)11-17(20)13-21-12-15-7-3-2-4-8-15/h2-4,7-8,14,16-17,20H,5-6,9-13,18H2,1H3. The number of nitrogens with two attached hydrogens (primary N) is 1. The van der Waals surface area contributed by atoms with E-state index in [0.29, 0.717) is 38.4 Å². The molecule has 1 fully saturated rings. The Morgan fingerprint density at radius 2 is 2.10 bits per heavy atom. The molecule has 0 amide bonds. The summed E-state index contributed by atoms with van der Waals surface area (Å²) in [5.74, 6) is 0. The molecular formula is C17H28N2O2. The first kappa shape index (κ1) is 16.4. The van der Waals surface area contributed by atoms with E-state index in [1.54, 1.807) is 0 Å². The van der Waals surface area contributed by atoms with Crippen LogP contribution in [0.15, 0.2) is 30.3 Å². The van der Waals surface area contributed by atoms with Gasteiger partial charge in [-0.1, -0.05) is 36.8 Å². The predicted molar refractivity (Wildman–Crippen MR) is 85.0 cm³/mol. The summed E-state index contributed by atoms with van der Waals surface area (Å²) in [4.78, 5) is 2.35. The summed E-state index contributed by atoms with van der Waals surface area (Å²) in [6, 6.07) is 10.9. The summed E-state index contributed by atoms with van der Waals surface area (Å²) < 4.78 is 5.62. The number of aliphatic hydroxyl groups excluding tert-OH is 1. The number of hydrogen-bond donors (Lipinski definition) is 2. The van der Waals surface area contributed by atoms with Gasteiger partial charge in [0.05, 0.1) is 19.3 Å². The van der Waals surface area contributed by atoms with Gasteiger partial charge in [-0.15, -0.1) is 0 Å². The van der Waals surface area contributed by atoms with Crippen molar-refractivity contribution >= 4 is 0 Å². The van der Waals surface area contributed by atoms with E-state index in [-0.39, 0.29) is 0 Å². The zero-order chi connectivity index (χ0) is 15.1. The minimum Gasteiger partial charge on any atom is -0.389 e. The summed E-state index contributed by atoms with van der Waals surface area (Å²) in [5.41, 5.74) is 6.99. The average Bonchev–Trinajstić information content (AvgIpc) is 2.50. The van der Waals surface area contributed by atoms with E-state index in [0.717, 1.165) is 12.0 Å². The second kappa shape index (κ2) is 8.49. The van der Waals surface area contributed by atoms with Crippen LogP contribution in [0.5, 0.6) is 0 Å². The highest BCUT2D eigenvalue weighted by Gasteiger charge is 2.28. The molecule has 1 aromatic carbocycles. The first-order valence-electron chi connectivity index (χ1n) is 7.96. The Kier molecular flexibility index (Phi) is 6.64. The Morgan fingerprint density at radius 1 is 1.33 bits per heavy atom. The van der Waals surface area contributed by atoms with E-state index in [2.05, 4.69) is 11.8 Å². The van der Waals surface area contributed by atoms with E-state index in [9.17, 15) is 5.11 Å². The molecule has 4 nitrogen and oxygen atoms in total. The van der Waals surface area contributed by atoms with Crippen LogP contribution in [0.2, 0.25) is 0 Å². The van der Waals surface area contributed by atoms with Crippen molar-refractivity contribution in [2.24, 2.45) is 5.73 Å². The third kappa shape index (κ3) is 5.08. The largest absolute Gasteiger partial charge is 0.389 e. The zero-order valence-electron chi connectivity index (χ0n) is 12.9. The summed E-state index contributed by atoms with van der Waals surface area (Å²) >= 11 is 0. The lowest BCUT2D eigenvalue weighted by atomic mass is 9.96. The van der Waals surface area contributed by atoms with Crippen LogP contribution in [0.4, 0.5) is 0 Å². The maximum atomic E-state index is 10.2. The molecule has 3 atom stereocenters. The average molecular weight is 292 g/mol. The van der Waals surface area contributed by atoms with Gasteiger partial charge in [0.15, 0.2) is 0 Å². The second-order valence-electron chi connectivity index (χ2n) is 6.02. The number of rotatable bonds is 7. The highest BCUT2D eigenvalue weighted by molar-refractivity contribution is 5.13.